The van der Waals surface area contributed by atoms with Crippen LogP contribution in [0.1, 0.15) is 10.4 Å². The second-order valence-electron chi connectivity index (χ2n) is 4.07. The number of nitrogens with two attached hydrogens (primary N) is 1. The Labute approximate surface area is 113 Å². The van der Waals surface area contributed by atoms with E-state index in [0.29, 0.717) is 22.2 Å². The van der Waals surface area contributed by atoms with Gasteiger partial charge in [-0.05, 0) is 12.1 Å². The first kappa shape index (κ1) is 12.0. The Kier molecular flexibility index (Phi) is 2.92. The molecule has 1 amide bonds. The lowest BCUT2D eigenvalue weighted by molar-refractivity contribution is 0.102. The fourth-order valence-electron chi connectivity index (χ4n) is 1.79. The first-order chi connectivity index (χ1) is 9.75. The van der Waals surface area contributed by atoms with Gasteiger partial charge in [0.05, 0.1) is 23.2 Å². The molecule has 0 fully saturated rings. The third kappa shape index (κ3) is 2.12. The van der Waals surface area contributed by atoms with E-state index in [4.69, 9.17) is 5.73 Å². The van der Waals surface area contributed by atoms with Gasteiger partial charge in [0, 0.05) is 5.56 Å². The minimum atomic E-state index is -0.275. The van der Waals surface area contributed by atoms with Crippen molar-refractivity contribution in [1.82, 2.24) is 20.4 Å². The van der Waals surface area contributed by atoms with Crippen LogP contribution < -0.4 is 11.1 Å². The first-order valence-corrected chi connectivity index (χ1v) is 5.84. The molecule has 0 saturated heterocycles. The Morgan fingerprint density at radius 3 is 2.45 bits per heavy atom. The van der Waals surface area contributed by atoms with Crippen LogP contribution in [0.25, 0.3) is 10.8 Å². The van der Waals surface area contributed by atoms with Gasteiger partial charge < -0.3 is 11.1 Å². The molecule has 0 bridgehead atoms. The minimum Gasteiger partial charge on any atom is -0.382 e. The fraction of sp³-hybridized carbons (Fsp3) is 0. The van der Waals surface area contributed by atoms with Crippen molar-refractivity contribution >= 4 is 28.3 Å². The Bertz CT molecular complexity index is 774. The second kappa shape index (κ2) is 4.88. The fourth-order valence-corrected chi connectivity index (χ4v) is 1.79. The highest BCUT2D eigenvalue weighted by Gasteiger charge is 2.11. The highest BCUT2D eigenvalue weighted by molar-refractivity contribution is 6.08. The van der Waals surface area contributed by atoms with Crippen molar-refractivity contribution in [2.75, 3.05) is 11.1 Å². The SMILES string of the molecule is Nc1nnc(NC(=O)c2ccccc2)c2cnncc12. The molecule has 2 heterocycles. The molecule has 7 nitrogen and oxygen atoms in total. The van der Waals surface area contributed by atoms with Crippen LogP contribution in [0, 0.1) is 0 Å². The molecule has 0 aliphatic carbocycles. The summed E-state index contributed by atoms with van der Waals surface area (Å²) in [6, 6.07) is 8.83. The summed E-state index contributed by atoms with van der Waals surface area (Å²) in [6.07, 6.45) is 2.97. The maximum absolute atomic E-state index is 12.1. The van der Waals surface area contributed by atoms with Crippen molar-refractivity contribution in [3.05, 3.63) is 48.3 Å². The van der Waals surface area contributed by atoms with Gasteiger partial charge in [-0.25, -0.2) is 0 Å². The summed E-state index contributed by atoms with van der Waals surface area (Å²) in [5, 5.41) is 19.1. The predicted molar refractivity (Wildman–Crippen MR) is 73.9 cm³/mol. The van der Waals surface area contributed by atoms with Gasteiger partial charge in [0.15, 0.2) is 11.6 Å². The molecule has 0 unspecified atom stereocenters. The molecule has 20 heavy (non-hydrogen) atoms. The highest BCUT2D eigenvalue weighted by atomic mass is 16.1. The number of carbonyl (C=O) groups is 1. The van der Waals surface area contributed by atoms with Crippen LogP contribution in [0.4, 0.5) is 11.6 Å². The van der Waals surface area contributed by atoms with Gasteiger partial charge in [-0.2, -0.15) is 10.2 Å². The van der Waals surface area contributed by atoms with Gasteiger partial charge in [-0.1, -0.05) is 18.2 Å². The normalized spacial score (nSPS) is 10.4. The summed E-state index contributed by atoms with van der Waals surface area (Å²) in [5.74, 6) is 0.272. The summed E-state index contributed by atoms with van der Waals surface area (Å²) in [5.41, 5.74) is 6.24. The average Bonchev–Trinajstić information content (AvgIpc) is 2.51. The number of fused-ring (bicyclic) bond motifs is 1. The number of rotatable bonds is 2. The van der Waals surface area contributed by atoms with E-state index < -0.39 is 0 Å². The molecule has 0 aliphatic rings. The molecule has 0 saturated carbocycles. The van der Waals surface area contributed by atoms with E-state index in [-0.39, 0.29) is 11.7 Å². The lowest BCUT2D eigenvalue weighted by atomic mass is 10.2. The Morgan fingerprint density at radius 1 is 1.00 bits per heavy atom. The summed E-state index contributed by atoms with van der Waals surface area (Å²) in [6.45, 7) is 0. The maximum Gasteiger partial charge on any atom is 0.256 e. The molecule has 0 radical (unpaired) electrons. The lowest BCUT2D eigenvalue weighted by Gasteiger charge is -2.07. The lowest BCUT2D eigenvalue weighted by Crippen LogP contribution is -2.14. The van der Waals surface area contributed by atoms with Gasteiger partial charge in [-0.15, -0.1) is 10.2 Å². The number of anilines is 2. The number of nitrogens with one attached hydrogen (secondary N) is 1. The summed E-state index contributed by atoms with van der Waals surface area (Å²) < 4.78 is 0. The minimum absolute atomic E-state index is 0.243. The van der Waals surface area contributed by atoms with Gasteiger partial charge in [0.1, 0.15) is 0 Å². The van der Waals surface area contributed by atoms with Crippen molar-refractivity contribution in [2.24, 2.45) is 0 Å². The van der Waals surface area contributed by atoms with Crippen LogP contribution in [-0.2, 0) is 0 Å². The summed E-state index contributed by atoms with van der Waals surface area (Å²) in [4.78, 5) is 12.1. The highest BCUT2D eigenvalue weighted by Crippen LogP contribution is 2.22. The number of hydrogen-bond donors (Lipinski definition) is 2. The van der Waals surface area contributed by atoms with Crippen LogP contribution in [-0.4, -0.2) is 26.3 Å². The van der Waals surface area contributed by atoms with Crippen LogP contribution in [0.2, 0.25) is 0 Å². The number of nitrogens with zero attached hydrogens (tertiary/aromatic N) is 4. The molecule has 0 spiro atoms. The van der Waals surface area contributed by atoms with Gasteiger partial charge >= 0.3 is 0 Å². The van der Waals surface area contributed by atoms with E-state index in [9.17, 15) is 4.79 Å². The second-order valence-corrected chi connectivity index (χ2v) is 4.07. The van der Waals surface area contributed by atoms with E-state index in [1.165, 1.54) is 12.4 Å². The third-order valence-electron chi connectivity index (χ3n) is 2.79. The monoisotopic (exact) mass is 266 g/mol. The number of nitrogen functional groups attached to an aromatic ring is 1. The Morgan fingerprint density at radius 2 is 1.70 bits per heavy atom. The van der Waals surface area contributed by atoms with Crippen molar-refractivity contribution < 1.29 is 4.79 Å². The summed E-state index contributed by atoms with van der Waals surface area (Å²) in [7, 11) is 0. The molecular formula is C13H10N6O. The quantitative estimate of drug-likeness (QED) is 0.723. The molecule has 98 valence electrons. The van der Waals surface area contributed by atoms with Crippen molar-refractivity contribution in [1.29, 1.82) is 0 Å². The van der Waals surface area contributed by atoms with E-state index in [1.807, 2.05) is 6.07 Å². The molecule has 0 aliphatic heterocycles. The maximum atomic E-state index is 12.1. The zero-order valence-electron chi connectivity index (χ0n) is 10.3. The van der Waals surface area contributed by atoms with Gasteiger partial charge in [-0.3, -0.25) is 4.79 Å². The molecule has 1 aromatic carbocycles. The van der Waals surface area contributed by atoms with Crippen molar-refractivity contribution in [3.8, 4) is 0 Å². The van der Waals surface area contributed by atoms with Gasteiger partial charge in [0.25, 0.3) is 5.91 Å². The largest absolute Gasteiger partial charge is 0.382 e. The standard InChI is InChI=1S/C13H10N6O/c14-11-9-6-15-16-7-10(9)12(19-18-11)17-13(20)8-4-2-1-3-5-8/h1-7H,(H2,14,18)(H,17,19,20). The number of carbonyl (C=O) groups excluding carboxylic acids is 1. The van der Waals surface area contributed by atoms with Crippen LogP contribution in [0.15, 0.2) is 42.7 Å². The summed E-state index contributed by atoms with van der Waals surface area (Å²) >= 11 is 0. The number of amides is 1. The van der Waals surface area contributed by atoms with Crippen LogP contribution in [0.3, 0.4) is 0 Å². The van der Waals surface area contributed by atoms with Crippen LogP contribution >= 0.6 is 0 Å². The molecule has 7 heteroatoms. The Balaban J connectivity index is 2.00. The Hall–Kier alpha value is -3.09. The van der Waals surface area contributed by atoms with E-state index >= 15 is 0 Å². The first-order valence-electron chi connectivity index (χ1n) is 5.84. The number of benzene rings is 1. The van der Waals surface area contributed by atoms with Crippen molar-refractivity contribution in [3.63, 3.8) is 0 Å². The molecule has 0 atom stereocenters. The number of aromatic nitrogens is 4. The molecule has 2 aromatic heterocycles. The van der Waals surface area contributed by atoms with E-state index in [0.717, 1.165) is 0 Å². The van der Waals surface area contributed by atoms with Crippen molar-refractivity contribution in [2.45, 2.75) is 0 Å². The zero-order valence-corrected chi connectivity index (χ0v) is 10.3. The topological polar surface area (TPSA) is 107 Å². The number of hydrogen-bond acceptors (Lipinski definition) is 6. The molecule has 3 aromatic rings. The van der Waals surface area contributed by atoms with Crippen LogP contribution in [0.5, 0.6) is 0 Å². The molecule has 3 rings (SSSR count). The zero-order chi connectivity index (χ0) is 13.9. The molecule has 3 N–H and O–H groups in total. The third-order valence-corrected chi connectivity index (χ3v) is 2.79. The smallest absolute Gasteiger partial charge is 0.256 e. The molecular weight excluding hydrogens is 256 g/mol. The van der Waals surface area contributed by atoms with E-state index in [2.05, 4.69) is 25.7 Å². The average molecular weight is 266 g/mol. The predicted octanol–water partition coefficient (Wildman–Crippen LogP) is 1.25. The van der Waals surface area contributed by atoms with E-state index in [1.54, 1.807) is 24.3 Å². The van der Waals surface area contributed by atoms with Gasteiger partial charge in [0.2, 0.25) is 0 Å².